The van der Waals surface area contributed by atoms with Crippen LogP contribution in [0.25, 0.3) is 11.3 Å². The maximum atomic E-state index is 12.6. The normalized spacial score (nSPS) is 17.7. The zero-order valence-corrected chi connectivity index (χ0v) is 21.2. The second kappa shape index (κ2) is 8.34. The van der Waals surface area contributed by atoms with Crippen molar-refractivity contribution in [2.75, 3.05) is 6.54 Å². The Morgan fingerprint density at radius 1 is 1.13 bits per heavy atom. The third-order valence-corrected chi connectivity index (χ3v) is 10.5. The molecule has 0 bridgehead atoms. The highest BCUT2D eigenvalue weighted by atomic mass is 28.4. The molecule has 0 unspecified atom stereocenters. The van der Waals surface area contributed by atoms with Gasteiger partial charge in [0.05, 0.1) is 17.9 Å². The first-order valence-corrected chi connectivity index (χ1v) is 14.0. The highest BCUT2D eigenvalue weighted by Gasteiger charge is 2.39. The molecule has 2 aromatic rings. The molecule has 6 nitrogen and oxygen atoms in total. The standard InChI is InChI=1S/C24H37N3O3Si/c1-23(2,3)29-22(28)27-15-9-10-20(27)21-25-16-19(26-21)17-11-13-18(14-12-17)30-31(7,8)24(4,5)6/h11-14,16,20H,9-10,15H2,1-8H3,(H,25,26)/t20-/m0/s1. The van der Waals surface area contributed by atoms with Crippen LogP contribution in [0.3, 0.4) is 0 Å². The van der Waals surface area contributed by atoms with Crippen molar-refractivity contribution in [1.29, 1.82) is 0 Å². The first kappa shape index (κ1) is 23.4. The lowest BCUT2D eigenvalue weighted by atomic mass is 10.1. The quantitative estimate of drug-likeness (QED) is 0.545. The molecule has 31 heavy (non-hydrogen) atoms. The van der Waals surface area contributed by atoms with E-state index in [4.69, 9.17) is 9.16 Å². The summed E-state index contributed by atoms with van der Waals surface area (Å²) in [6.45, 7) is 17.6. The molecule has 7 heteroatoms. The molecule has 1 aromatic heterocycles. The summed E-state index contributed by atoms with van der Waals surface area (Å²) in [7, 11) is -1.86. The Hall–Kier alpha value is -2.28. The van der Waals surface area contributed by atoms with Crippen LogP contribution in [-0.4, -0.2) is 41.4 Å². The van der Waals surface area contributed by atoms with Crippen LogP contribution in [0.1, 0.15) is 66.3 Å². The third kappa shape index (κ3) is 5.50. The maximum Gasteiger partial charge on any atom is 0.410 e. The Labute approximate surface area is 187 Å². The molecule has 1 aliphatic rings. The molecule has 1 saturated heterocycles. The number of carbonyl (C=O) groups excluding carboxylic acids is 1. The molecular formula is C24H37N3O3Si. The predicted octanol–water partition coefficient (Wildman–Crippen LogP) is 6.53. The zero-order valence-electron chi connectivity index (χ0n) is 20.2. The number of aromatic nitrogens is 2. The van der Waals surface area contributed by atoms with E-state index in [1.807, 2.05) is 39.1 Å². The van der Waals surface area contributed by atoms with Crippen molar-refractivity contribution in [3.05, 3.63) is 36.3 Å². The number of imidazole rings is 1. The lowest BCUT2D eigenvalue weighted by Gasteiger charge is -2.36. The van der Waals surface area contributed by atoms with Crippen LogP contribution < -0.4 is 4.43 Å². The summed E-state index contributed by atoms with van der Waals surface area (Å²) >= 11 is 0. The monoisotopic (exact) mass is 443 g/mol. The Morgan fingerprint density at radius 3 is 2.35 bits per heavy atom. The fourth-order valence-corrected chi connectivity index (χ4v) is 4.42. The van der Waals surface area contributed by atoms with Crippen LogP contribution in [-0.2, 0) is 4.74 Å². The van der Waals surface area contributed by atoms with Crippen molar-refractivity contribution in [2.45, 2.75) is 84.2 Å². The second-order valence-electron chi connectivity index (χ2n) is 10.9. The van der Waals surface area contributed by atoms with Crippen molar-refractivity contribution in [1.82, 2.24) is 14.9 Å². The minimum atomic E-state index is -1.86. The van der Waals surface area contributed by atoms with E-state index < -0.39 is 13.9 Å². The van der Waals surface area contributed by atoms with Crippen molar-refractivity contribution in [3.63, 3.8) is 0 Å². The van der Waals surface area contributed by atoms with Gasteiger partial charge in [-0.15, -0.1) is 0 Å². The Balaban J connectivity index is 1.73. The number of likely N-dealkylation sites (tertiary alicyclic amines) is 1. The number of aromatic amines is 1. The van der Waals surface area contributed by atoms with Crippen LogP contribution in [0.2, 0.25) is 18.1 Å². The summed E-state index contributed by atoms with van der Waals surface area (Å²) in [5.41, 5.74) is 1.47. The highest BCUT2D eigenvalue weighted by Crippen LogP contribution is 2.38. The van der Waals surface area contributed by atoms with Gasteiger partial charge in [-0.3, -0.25) is 4.90 Å². The van der Waals surface area contributed by atoms with E-state index in [9.17, 15) is 4.79 Å². The number of amides is 1. The lowest BCUT2D eigenvalue weighted by Crippen LogP contribution is -2.43. The molecule has 2 heterocycles. The van der Waals surface area contributed by atoms with Crippen molar-refractivity contribution < 1.29 is 14.0 Å². The average Bonchev–Trinajstić information content (AvgIpc) is 3.29. The van der Waals surface area contributed by atoms with E-state index in [2.05, 4.69) is 56.0 Å². The number of hydrogen-bond donors (Lipinski definition) is 1. The number of nitrogens with zero attached hydrogens (tertiary/aromatic N) is 2. The van der Waals surface area contributed by atoms with E-state index in [0.29, 0.717) is 6.54 Å². The molecule has 0 saturated carbocycles. The van der Waals surface area contributed by atoms with Crippen LogP contribution in [0.5, 0.6) is 5.75 Å². The first-order chi connectivity index (χ1) is 14.3. The smallest absolute Gasteiger partial charge is 0.410 e. The number of rotatable bonds is 4. The van der Waals surface area contributed by atoms with Crippen molar-refractivity contribution in [3.8, 4) is 17.0 Å². The molecule has 0 aliphatic carbocycles. The Bertz CT molecular complexity index is 907. The van der Waals surface area contributed by atoms with Crippen molar-refractivity contribution in [2.24, 2.45) is 0 Å². The summed E-state index contributed by atoms with van der Waals surface area (Å²) in [6, 6.07) is 8.09. The van der Waals surface area contributed by atoms with E-state index in [1.165, 1.54) is 0 Å². The van der Waals surface area contributed by atoms with Gasteiger partial charge in [0.15, 0.2) is 0 Å². The van der Waals surface area contributed by atoms with Crippen LogP contribution >= 0.6 is 0 Å². The van der Waals surface area contributed by atoms with Gasteiger partial charge >= 0.3 is 6.09 Å². The largest absolute Gasteiger partial charge is 0.544 e. The molecule has 1 N–H and O–H groups in total. The van der Waals surface area contributed by atoms with Crippen LogP contribution in [0.4, 0.5) is 4.79 Å². The van der Waals surface area contributed by atoms with Gasteiger partial charge in [0.1, 0.15) is 17.2 Å². The fraction of sp³-hybridized carbons (Fsp3) is 0.583. The minimum Gasteiger partial charge on any atom is -0.544 e. The number of nitrogens with one attached hydrogen (secondary N) is 1. The number of H-pyrrole nitrogens is 1. The number of ether oxygens (including phenoxy) is 1. The number of carbonyl (C=O) groups is 1. The fourth-order valence-electron chi connectivity index (χ4n) is 3.39. The molecular weight excluding hydrogens is 406 g/mol. The van der Waals surface area contributed by atoms with Gasteiger partial charge in [0.2, 0.25) is 8.32 Å². The Kier molecular flexibility index (Phi) is 6.29. The minimum absolute atomic E-state index is 0.0789. The summed E-state index contributed by atoms with van der Waals surface area (Å²) in [4.78, 5) is 22.4. The van der Waals surface area contributed by atoms with Gasteiger partial charge in [0.25, 0.3) is 0 Å². The van der Waals surface area contributed by atoms with Crippen LogP contribution in [0.15, 0.2) is 30.5 Å². The van der Waals surface area contributed by atoms with Crippen LogP contribution in [0, 0.1) is 0 Å². The lowest BCUT2D eigenvalue weighted by molar-refractivity contribution is 0.0218. The molecule has 170 valence electrons. The maximum absolute atomic E-state index is 12.6. The predicted molar refractivity (Wildman–Crippen MR) is 127 cm³/mol. The average molecular weight is 444 g/mol. The summed E-state index contributed by atoms with van der Waals surface area (Å²) in [5, 5.41) is 0.158. The molecule has 0 radical (unpaired) electrons. The molecule has 1 amide bonds. The first-order valence-electron chi connectivity index (χ1n) is 11.1. The van der Waals surface area contributed by atoms with Gasteiger partial charge in [-0.05, 0) is 81.6 Å². The van der Waals surface area contributed by atoms with E-state index in [1.54, 1.807) is 4.90 Å². The summed E-state index contributed by atoms with van der Waals surface area (Å²) in [5.74, 6) is 1.71. The molecule has 0 spiro atoms. The topological polar surface area (TPSA) is 67.4 Å². The number of benzene rings is 1. The van der Waals surface area contributed by atoms with Gasteiger partial charge in [-0.2, -0.15) is 0 Å². The Morgan fingerprint density at radius 2 is 1.77 bits per heavy atom. The van der Waals surface area contributed by atoms with E-state index in [-0.39, 0.29) is 17.2 Å². The molecule has 1 fully saturated rings. The zero-order chi connectivity index (χ0) is 23.0. The molecule has 3 rings (SSSR count). The summed E-state index contributed by atoms with van der Waals surface area (Å²) in [6.07, 6.45) is 3.38. The van der Waals surface area contributed by atoms with Gasteiger partial charge in [-0.25, -0.2) is 9.78 Å². The van der Waals surface area contributed by atoms with Crippen molar-refractivity contribution >= 4 is 14.4 Å². The number of hydrogen-bond acceptors (Lipinski definition) is 4. The molecule has 1 aromatic carbocycles. The van der Waals surface area contributed by atoms with Gasteiger partial charge in [-0.1, -0.05) is 20.8 Å². The van der Waals surface area contributed by atoms with E-state index in [0.717, 1.165) is 35.7 Å². The summed E-state index contributed by atoms with van der Waals surface area (Å²) < 4.78 is 12.0. The third-order valence-electron chi connectivity index (χ3n) is 6.14. The highest BCUT2D eigenvalue weighted by molar-refractivity contribution is 6.74. The molecule has 1 aliphatic heterocycles. The van der Waals surface area contributed by atoms with E-state index >= 15 is 0 Å². The van der Waals surface area contributed by atoms with Gasteiger partial charge < -0.3 is 14.1 Å². The SMILES string of the molecule is CC(C)(C)OC(=O)N1CCC[C@H]1c1ncc(-c2ccc(O[Si](C)(C)C(C)(C)C)cc2)[nH]1. The second-order valence-corrected chi connectivity index (χ2v) is 15.6. The van der Waals surface area contributed by atoms with Gasteiger partial charge in [0, 0.05) is 6.54 Å². The molecule has 1 atom stereocenters.